The molecule has 0 radical (unpaired) electrons. The fraction of sp³-hybridized carbons (Fsp3) is 0.571. The SMILES string of the molecule is COc1cccc(CCC(Cl)C(C)(C)C)c1F. The lowest BCUT2D eigenvalue weighted by Gasteiger charge is -2.25. The van der Waals surface area contributed by atoms with Crippen molar-refractivity contribution in [3.8, 4) is 5.75 Å². The Morgan fingerprint density at radius 2 is 2.00 bits per heavy atom. The molecule has 1 atom stereocenters. The largest absolute Gasteiger partial charge is 0.494 e. The van der Waals surface area contributed by atoms with E-state index in [-0.39, 0.29) is 16.6 Å². The van der Waals surface area contributed by atoms with Gasteiger partial charge in [0.15, 0.2) is 11.6 Å². The zero-order valence-corrected chi connectivity index (χ0v) is 11.6. The summed E-state index contributed by atoms with van der Waals surface area (Å²) in [6.45, 7) is 6.27. The van der Waals surface area contributed by atoms with Crippen molar-refractivity contribution in [1.82, 2.24) is 0 Å². The van der Waals surface area contributed by atoms with Crippen molar-refractivity contribution in [1.29, 1.82) is 0 Å². The summed E-state index contributed by atoms with van der Waals surface area (Å²) in [6, 6.07) is 5.21. The van der Waals surface area contributed by atoms with E-state index < -0.39 is 0 Å². The van der Waals surface area contributed by atoms with E-state index in [4.69, 9.17) is 16.3 Å². The number of rotatable bonds is 4. The van der Waals surface area contributed by atoms with Gasteiger partial charge in [-0.05, 0) is 29.9 Å². The number of halogens is 2. The Kier molecular flexibility index (Phi) is 4.81. The maximum absolute atomic E-state index is 13.9. The minimum Gasteiger partial charge on any atom is -0.494 e. The van der Waals surface area contributed by atoms with Gasteiger partial charge in [-0.3, -0.25) is 0 Å². The predicted molar refractivity (Wildman–Crippen MR) is 70.4 cm³/mol. The van der Waals surface area contributed by atoms with Gasteiger partial charge in [0.25, 0.3) is 0 Å². The average molecular weight is 259 g/mol. The van der Waals surface area contributed by atoms with Crippen LogP contribution in [0.5, 0.6) is 5.75 Å². The van der Waals surface area contributed by atoms with Crippen LogP contribution >= 0.6 is 11.6 Å². The van der Waals surface area contributed by atoms with Gasteiger partial charge < -0.3 is 4.74 Å². The van der Waals surface area contributed by atoms with Crippen LogP contribution in [0.4, 0.5) is 4.39 Å². The van der Waals surface area contributed by atoms with E-state index in [9.17, 15) is 4.39 Å². The molecule has 1 unspecified atom stereocenters. The van der Waals surface area contributed by atoms with Gasteiger partial charge in [-0.25, -0.2) is 4.39 Å². The molecule has 0 aromatic heterocycles. The van der Waals surface area contributed by atoms with Crippen molar-refractivity contribution >= 4 is 11.6 Å². The van der Waals surface area contributed by atoms with Crippen molar-refractivity contribution in [3.63, 3.8) is 0 Å². The molecule has 0 aliphatic rings. The minimum absolute atomic E-state index is 0.0353. The number of alkyl halides is 1. The summed E-state index contributed by atoms with van der Waals surface area (Å²) in [4.78, 5) is 0. The molecular formula is C14H20ClFO. The minimum atomic E-state index is -0.271. The van der Waals surface area contributed by atoms with E-state index in [1.165, 1.54) is 7.11 Å². The number of methoxy groups -OCH3 is 1. The fourth-order valence-corrected chi connectivity index (χ4v) is 1.73. The molecule has 1 rings (SSSR count). The van der Waals surface area contributed by atoms with Gasteiger partial charge in [0.2, 0.25) is 0 Å². The lowest BCUT2D eigenvalue weighted by molar-refractivity contribution is 0.368. The molecule has 1 aromatic carbocycles. The van der Waals surface area contributed by atoms with Gasteiger partial charge in [0.1, 0.15) is 0 Å². The highest BCUT2D eigenvalue weighted by Gasteiger charge is 2.22. The van der Waals surface area contributed by atoms with Crippen LogP contribution < -0.4 is 4.74 Å². The third-order valence-corrected chi connectivity index (χ3v) is 3.74. The van der Waals surface area contributed by atoms with Crippen LogP contribution in [-0.2, 0) is 6.42 Å². The fourth-order valence-electron chi connectivity index (χ4n) is 1.62. The molecular weight excluding hydrogens is 239 g/mol. The van der Waals surface area contributed by atoms with Crippen LogP contribution in [0.15, 0.2) is 18.2 Å². The smallest absolute Gasteiger partial charge is 0.168 e. The van der Waals surface area contributed by atoms with Gasteiger partial charge in [-0.2, -0.15) is 0 Å². The van der Waals surface area contributed by atoms with E-state index in [1.54, 1.807) is 18.2 Å². The Morgan fingerprint density at radius 1 is 1.35 bits per heavy atom. The zero-order chi connectivity index (χ0) is 13.1. The summed E-state index contributed by atoms with van der Waals surface area (Å²) in [5.41, 5.74) is 0.705. The second-order valence-corrected chi connectivity index (χ2v) is 5.83. The van der Waals surface area contributed by atoms with Gasteiger partial charge in [-0.1, -0.05) is 32.9 Å². The summed E-state index contributed by atoms with van der Waals surface area (Å²) in [7, 11) is 1.47. The van der Waals surface area contributed by atoms with E-state index >= 15 is 0 Å². The molecule has 0 fully saturated rings. The average Bonchev–Trinajstić information content (AvgIpc) is 2.26. The lowest BCUT2D eigenvalue weighted by Crippen LogP contribution is -2.21. The third-order valence-electron chi connectivity index (χ3n) is 2.87. The summed E-state index contributed by atoms with van der Waals surface area (Å²) < 4.78 is 18.8. The van der Waals surface area contributed by atoms with E-state index in [0.29, 0.717) is 17.7 Å². The Morgan fingerprint density at radius 3 is 2.53 bits per heavy atom. The van der Waals surface area contributed by atoms with Crippen molar-refractivity contribution in [2.45, 2.75) is 39.0 Å². The molecule has 17 heavy (non-hydrogen) atoms. The number of benzene rings is 1. The van der Waals surface area contributed by atoms with Crippen LogP contribution in [0.2, 0.25) is 0 Å². The number of hydrogen-bond acceptors (Lipinski definition) is 1. The van der Waals surface area contributed by atoms with Gasteiger partial charge >= 0.3 is 0 Å². The Bertz CT molecular complexity index is 371. The molecule has 0 heterocycles. The van der Waals surface area contributed by atoms with Crippen LogP contribution in [-0.4, -0.2) is 12.5 Å². The maximum Gasteiger partial charge on any atom is 0.168 e. The van der Waals surface area contributed by atoms with E-state index in [1.807, 2.05) is 0 Å². The van der Waals surface area contributed by atoms with Gasteiger partial charge in [0.05, 0.1) is 7.11 Å². The Labute approximate surface area is 108 Å². The lowest BCUT2D eigenvalue weighted by atomic mass is 9.88. The molecule has 0 saturated carbocycles. The summed E-state index contributed by atoms with van der Waals surface area (Å²) >= 11 is 6.28. The second kappa shape index (κ2) is 5.72. The molecule has 3 heteroatoms. The first-order chi connectivity index (χ1) is 7.86. The normalized spacial score (nSPS) is 13.5. The predicted octanol–water partition coefficient (Wildman–Crippen LogP) is 4.42. The van der Waals surface area contributed by atoms with Gasteiger partial charge in [0, 0.05) is 5.38 Å². The van der Waals surface area contributed by atoms with Crippen LogP contribution in [0, 0.1) is 11.2 Å². The highest BCUT2D eigenvalue weighted by molar-refractivity contribution is 6.21. The number of aryl methyl sites for hydroxylation is 1. The number of ether oxygens (including phenoxy) is 1. The zero-order valence-electron chi connectivity index (χ0n) is 10.9. The Hall–Kier alpha value is -0.760. The maximum atomic E-state index is 13.9. The summed E-state index contributed by atoms with van der Waals surface area (Å²) in [5, 5.41) is 0.0353. The quantitative estimate of drug-likeness (QED) is 0.727. The van der Waals surface area contributed by atoms with E-state index in [2.05, 4.69) is 20.8 Å². The number of hydrogen-bond donors (Lipinski definition) is 0. The molecule has 1 nitrogen and oxygen atoms in total. The summed E-state index contributed by atoms with van der Waals surface area (Å²) in [6.07, 6.45) is 1.39. The Balaban J connectivity index is 2.70. The molecule has 0 spiro atoms. The van der Waals surface area contributed by atoms with Crippen LogP contribution in [0.25, 0.3) is 0 Å². The first-order valence-electron chi connectivity index (χ1n) is 5.81. The third kappa shape index (κ3) is 3.88. The molecule has 0 aliphatic heterocycles. The van der Waals surface area contributed by atoms with Crippen molar-refractivity contribution < 1.29 is 9.13 Å². The first kappa shape index (κ1) is 14.3. The molecule has 0 bridgehead atoms. The topological polar surface area (TPSA) is 9.23 Å². The second-order valence-electron chi connectivity index (χ2n) is 5.31. The molecule has 0 aliphatic carbocycles. The molecule has 0 amide bonds. The monoisotopic (exact) mass is 258 g/mol. The molecule has 1 aromatic rings. The molecule has 0 N–H and O–H groups in total. The standard InChI is InChI=1S/C14H20ClFO/c1-14(2,3)12(15)9-8-10-6-5-7-11(17-4)13(10)16/h5-7,12H,8-9H2,1-4H3. The first-order valence-corrected chi connectivity index (χ1v) is 6.25. The highest BCUT2D eigenvalue weighted by Crippen LogP contribution is 2.29. The van der Waals surface area contributed by atoms with Crippen molar-refractivity contribution in [2.75, 3.05) is 7.11 Å². The van der Waals surface area contributed by atoms with Crippen LogP contribution in [0.3, 0.4) is 0 Å². The van der Waals surface area contributed by atoms with E-state index in [0.717, 1.165) is 6.42 Å². The highest BCUT2D eigenvalue weighted by atomic mass is 35.5. The van der Waals surface area contributed by atoms with Gasteiger partial charge in [-0.15, -0.1) is 11.6 Å². The van der Waals surface area contributed by atoms with Crippen molar-refractivity contribution in [2.24, 2.45) is 5.41 Å². The molecule has 0 saturated heterocycles. The van der Waals surface area contributed by atoms with Crippen molar-refractivity contribution in [3.05, 3.63) is 29.6 Å². The summed E-state index contributed by atoms with van der Waals surface area (Å²) in [5.74, 6) is 0.0251. The molecule has 96 valence electrons. The van der Waals surface area contributed by atoms with Crippen LogP contribution in [0.1, 0.15) is 32.8 Å².